The van der Waals surface area contributed by atoms with E-state index < -0.39 is 5.41 Å². The molecule has 35 heavy (non-hydrogen) atoms. The van der Waals surface area contributed by atoms with Gasteiger partial charge in [-0.1, -0.05) is 74.5 Å². The molecule has 5 rings (SSSR count). The molecule has 1 N–H and O–H groups in total. The predicted octanol–water partition coefficient (Wildman–Crippen LogP) is 6.81. The molecule has 6 nitrogen and oxygen atoms in total. The lowest BCUT2D eigenvalue weighted by Gasteiger charge is -2.33. The van der Waals surface area contributed by atoms with Crippen LogP contribution in [0.5, 0.6) is 0 Å². The number of carbonyl (C=O) groups excluding carboxylic acids is 1. The summed E-state index contributed by atoms with van der Waals surface area (Å²) in [6.07, 6.45) is 5.53. The van der Waals surface area contributed by atoms with Gasteiger partial charge in [0.25, 0.3) is 0 Å². The SMILES string of the molecule is [C-]#[N+]c1ccc(-c2ncn3cc(C(c4ccccc4)C(C)(C)C(=O)Nc4nccs4)ccc23)cc1. The maximum atomic E-state index is 13.4. The molecular weight excluding hydrogens is 454 g/mol. The van der Waals surface area contributed by atoms with Crippen LogP contribution in [-0.2, 0) is 4.79 Å². The minimum absolute atomic E-state index is 0.0902. The van der Waals surface area contributed by atoms with E-state index >= 15 is 0 Å². The van der Waals surface area contributed by atoms with Crippen LogP contribution >= 0.6 is 11.3 Å². The van der Waals surface area contributed by atoms with Gasteiger partial charge in [0.1, 0.15) is 0 Å². The molecule has 0 aliphatic carbocycles. The second-order valence-electron chi connectivity index (χ2n) is 8.86. The van der Waals surface area contributed by atoms with Gasteiger partial charge in [0, 0.05) is 23.7 Å². The summed E-state index contributed by atoms with van der Waals surface area (Å²) in [6, 6.07) is 21.7. The highest BCUT2D eigenvalue weighted by atomic mass is 32.1. The third-order valence-corrected chi connectivity index (χ3v) is 6.94. The van der Waals surface area contributed by atoms with Gasteiger partial charge < -0.3 is 9.72 Å². The number of nitrogens with one attached hydrogen (secondary N) is 1. The molecule has 0 saturated heterocycles. The van der Waals surface area contributed by atoms with Gasteiger partial charge >= 0.3 is 0 Å². The highest BCUT2D eigenvalue weighted by Gasteiger charge is 2.39. The summed E-state index contributed by atoms with van der Waals surface area (Å²) in [7, 11) is 0. The number of fused-ring (bicyclic) bond motifs is 1. The van der Waals surface area contributed by atoms with Crippen LogP contribution in [0.25, 0.3) is 21.6 Å². The fraction of sp³-hybridized carbons (Fsp3) is 0.143. The van der Waals surface area contributed by atoms with E-state index in [2.05, 4.69) is 44.5 Å². The molecule has 2 aromatic carbocycles. The Balaban J connectivity index is 1.56. The molecule has 3 heterocycles. The molecule has 5 aromatic rings. The summed E-state index contributed by atoms with van der Waals surface area (Å²) in [5, 5.41) is 5.42. The maximum absolute atomic E-state index is 13.4. The zero-order chi connectivity index (χ0) is 24.4. The van der Waals surface area contributed by atoms with Crippen LogP contribution in [0.4, 0.5) is 10.8 Å². The number of imidazole rings is 1. The molecule has 7 heteroatoms. The largest absolute Gasteiger partial charge is 0.305 e. The number of amides is 1. The van der Waals surface area contributed by atoms with Crippen molar-refractivity contribution in [1.29, 1.82) is 0 Å². The van der Waals surface area contributed by atoms with E-state index in [-0.39, 0.29) is 11.8 Å². The molecule has 0 radical (unpaired) electrons. The van der Waals surface area contributed by atoms with Crippen LogP contribution in [0.3, 0.4) is 0 Å². The number of rotatable bonds is 6. The van der Waals surface area contributed by atoms with Crippen LogP contribution in [-0.4, -0.2) is 20.3 Å². The molecule has 3 aromatic heterocycles. The number of carbonyl (C=O) groups is 1. The highest BCUT2D eigenvalue weighted by molar-refractivity contribution is 7.13. The minimum Gasteiger partial charge on any atom is -0.305 e. The summed E-state index contributed by atoms with van der Waals surface area (Å²) < 4.78 is 2.00. The van der Waals surface area contributed by atoms with Gasteiger partial charge in [0.05, 0.1) is 29.5 Å². The molecular formula is C28H23N5OS. The average Bonchev–Trinajstić information content (AvgIpc) is 3.54. The Morgan fingerprint density at radius 2 is 1.80 bits per heavy atom. The number of benzene rings is 2. The molecule has 0 spiro atoms. The van der Waals surface area contributed by atoms with E-state index in [1.54, 1.807) is 24.7 Å². The van der Waals surface area contributed by atoms with Crippen LogP contribution in [0, 0.1) is 12.0 Å². The molecule has 0 fully saturated rings. The zero-order valence-corrected chi connectivity index (χ0v) is 20.2. The first-order chi connectivity index (χ1) is 17.0. The van der Waals surface area contributed by atoms with E-state index in [1.807, 2.05) is 60.0 Å². The number of anilines is 1. The first kappa shape index (κ1) is 22.5. The lowest BCUT2D eigenvalue weighted by molar-refractivity contribution is -0.124. The topological polar surface area (TPSA) is 63.7 Å². The first-order valence-corrected chi connectivity index (χ1v) is 12.1. The van der Waals surface area contributed by atoms with Gasteiger partial charge in [-0.3, -0.25) is 4.79 Å². The molecule has 1 unspecified atom stereocenters. The first-order valence-electron chi connectivity index (χ1n) is 11.2. The van der Waals surface area contributed by atoms with E-state index in [9.17, 15) is 4.79 Å². The maximum Gasteiger partial charge on any atom is 0.232 e. The van der Waals surface area contributed by atoms with Gasteiger partial charge in [0.15, 0.2) is 10.8 Å². The van der Waals surface area contributed by atoms with E-state index in [0.717, 1.165) is 27.9 Å². The smallest absolute Gasteiger partial charge is 0.232 e. The Hall–Kier alpha value is -4.28. The summed E-state index contributed by atoms with van der Waals surface area (Å²) >= 11 is 1.40. The Bertz CT molecular complexity index is 1510. The van der Waals surface area contributed by atoms with E-state index in [1.165, 1.54) is 11.3 Å². The predicted molar refractivity (Wildman–Crippen MR) is 140 cm³/mol. The van der Waals surface area contributed by atoms with Crippen molar-refractivity contribution >= 4 is 33.6 Å². The van der Waals surface area contributed by atoms with Gasteiger partial charge in [-0.2, -0.15) is 0 Å². The van der Waals surface area contributed by atoms with Crippen molar-refractivity contribution in [1.82, 2.24) is 14.4 Å². The molecule has 0 bridgehead atoms. The highest BCUT2D eigenvalue weighted by Crippen LogP contribution is 2.42. The second kappa shape index (κ2) is 9.16. The lowest BCUT2D eigenvalue weighted by atomic mass is 9.71. The van der Waals surface area contributed by atoms with E-state index in [4.69, 9.17) is 6.57 Å². The van der Waals surface area contributed by atoms with Gasteiger partial charge in [-0.15, -0.1) is 11.3 Å². The Morgan fingerprint density at radius 1 is 1.03 bits per heavy atom. The Kier molecular flexibility index (Phi) is 5.89. The minimum atomic E-state index is -0.764. The van der Waals surface area contributed by atoms with Gasteiger partial charge in [-0.05, 0) is 22.8 Å². The fourth-order valence-electron chi connectivity index (χ4n) is 4.45. The summed E-state index contributed by atoms with van der Waals surface area (Å²) in [4.78, 5) is 25.8. The second-order valence-corrected chi connectivity index (χ2v) is 9.76. The van der Waals surface area contributed by atoms with Crippen molar-refractivity contribution in [2.45, 2.75) is 19.8 Å². The summed E-state index contributed by atoms with van der Waals surface area (Å²) in [5.74, 6) is -0.288. The van der Waals surface area contributed by atoms with Crippen molar-refractivity contribution in [2.24, 2.45) is 5.41 Å². The standard InChI is InChI=1S/C28H23N5OS/c1-28(2,26(34)32-27-30-15-16-35-27)24(19-7-5-4-6-8-19)21-11-14-23-25(31-18-33(23)17-21)20-9-12-22(29-3)13-10-20/h4-18,24H,1-2H3,(H,30,32,34). The monoisotopic (exact) mass is 477 g/mol. The third-order valence-electron chi connectivity index (χ3n) is 6.25. The van der Waals surface area contributed by atoms with Crippen molar-refractivity contribution < 1.29 is 4.79 Å². The summed E-state index contributed by atoms with van der Waals surface area (Å²) in [6.45, 7) is 11.1. The van der Waals surface area contributed by atoms with Crippen molar-refractivity contribution in [3.63, 3.8) is 0 Å². The Labute approximate surface area is 207 Å². The zero-order valence-electron chi connectivity index (χ0n) is 19.3. The van der Waals surface area contributed by atoms with Crippen molar-refractivity contribution in [3.8, 4) is 11.3 Å². The molecule has 1 amide bonds. The number of aromatic nitrogens is 3. The normalized spacial score (nSPS) is 12.3. The Morgan fingerprint density at radius 3 is 2.49 bits per heavy atom. The summed E-state index contributed by atoms with van der Waals surface area (Å²) in [5.41, 5.74) is 4.67. The van der Waals surface area contributed by atoms with Crippen LogP contribution in [0.2, 0.25) is 0 Å². The van der Waals surface area contributed by atoms with E-state index in [0.29, 0.717) is 10.8 Å². The van der Waals surface area contributed by atoms with Crippen LogP contribution in [0.1, 0.15) is 30.9 Å². The fourth-order valence-corrected chi connectivity index (χ4v) is 4.97. The number of hydrogen-bond acceptors (Lipinski definition) is 4. The van der Waals surface area contributed by atoms with Gasteiger partial charge in [-0.25, -0.2) is 14.8 Å². The quantitative estimate of drug-likeness (QED) is 0.273. The number of nitrogens with zero attached hydrogens (tertiary/aromatic N) is 4. The van der Waals surface area contributed by atoms with Crippen molar-refractivity contribution in [3.05, 3.63) is 113 Å². The molecule has 0 aliphatic rings. The molecule has 0 aliphatic heterocycles. The van der Waals surface area contributed by atoms with Crippen LogP contribution in [0.15, 0.2) is 90.8 Å². The van der Waals surface area contributed by atoms with Crippen molar-refractivity contribution in [2.75, 3.05) is 5.32 Å². The number of pyridine rings is 1. The van der Waals surface area contributed by atoms with Gasteiger partial charge in [0.2, 0.25) is 5.91 Å². The number of hydrogen-bond donors (Lipinski definition) is 1. The molecule has 0 saturated carbocycles. The third kappa shape index (κ3) is 4.32. The number of thiazole rings is 1. The van der Waals surface area contributed by atoms with Crippen LogP contribution < -0.4 is 5.32 Å². The molecule has 172 valence electrons. The average molecular weight is 478 g/mol. The lowest BCUT2D eigenvalue weighted by Crippen LogP contribution is -2.37. The molecule has 1 atom stereocenters.